The molecule has 6 heteroatoms. The van der Waals surface area contributed by atoms with E-state index in [9.17, 15) is 19.8 Å². The molecule has 2 N–H and O–H groups in total. The number of hydrogen-bond donors (Lipinski definition) is 2. The summed E-state index contributed by atoms with van der Waals surface area (Å²) in [4.78, 5) is 22.7. The van der Waals surface area contributed by atoms with E-state index in [0.717, 1.165) is 11.5 Å². The second-order valence-corrected chi connectivity index (χ2v) is 7.02. The lowest BCUT2D eigenvalue weighted by Crippen LogP contribution is -2.44. The quantitative estimate of drug-likeness (QED) is 0.777. The molecule has 98 valence electrons. The Kier molecular flexibility index (Phi) is 5.19. The highest BCUT2D eigenvalue weighted by molar-refractivity contribution is 8.21. The molecule has 0 aromatic carbocycles. The van der Waals surface area contributed by atoms with Gasteiger partial charge in [0, 0.05) is 11.5 Å². The van der Waals surface area contributed by atoms with Crippen LogP contribution < -0.4 is 0 Å². The molecule has 0 aliphatic carbocycles. The molecule has 0 aromatic heterocycles. The maximum Gasteiger partial charge on any atom is 0.308 e. The Morgan fingerprint density at radius 2 is 1.41 bits per heavy atom. The summed E-state index contributed by atoms with van der Waals surface area (Å²) in [6.45, 7) is 3.63. The average molecular weight is 278 g/mol. The molecule has 0 bridgehead atoms. The van der Waals surface area contributed by atoms with Gasteiger partial charge in [-0.15, -0.1) is 23.5 Å². The fraction of sp³-hybridized carbons (Fsp3) is 0.818. The lowest BCUT2D eigenvalue weighted by Gasteiger charge is -2.37. The Labute approximate surface area is 110 Å². The summed E-state index contributed by atoms with van der Waals surface area (Å²) in [7, 11) is 0. The second kappa shape index (κ2) is 6.00. The van der Waals surface area contributed by atoms with Crippen molar-refractivity contribution in [1.29, 1.82) is 0 Å². The van der Waals surface area contributed by atoms with E-state index in [0.29, 0.717) is 12.8 Å². The fourth-order valence-corrected chi connectivity index (χ4v) is 6.36. The lowest BCUT2D eigenvalue weighted by molar-refractivity contribution is -0.146. The fourth-order valence-electron chi connectivity index (χ4n) is 2.35. The number of thioether (sulfide) groups is 2. The number of rotatable bonds is 6. The third-order valence-electron chi connectivity index (χ3n) is 3.12. The average Bonchev–Trinajstić information content (AvgIpc) is 2.68. The Morgan fingerprint density at radius 1 is 1.06 bits per heavy atom. The molecule has 1 fully saturated rings. The molecule has 1 rings (SSSR count). The first-order chi connectivity index (χ1) is 7.99. The third-order valence-corrected chi connectivity index (χ3v) is 6.95. The molecular weight excluding hydrogens is 260 g/mol. The minimum atomic E-state index is -0.880. The molecule has 1 aliphatic rings. The van der Waals surface area contributed by atoms with E-state index < -0.39 is 27.9 Å². The predicted molar refractivity (Wildman–Crippen MR) is 70.5 cm³/mol. The van der Waals surface area contributed by atoms with Gasteiger partial charge in [0.1, 0.15) is 0 Å². The van der Waals surface area contributed by atoms with E-state index in [4.69, 9.17) is 0 Å². The van der Waals surface area contributed by atoms with Crippen molar-refractivity contribution >= 4 is 35.5 Å². The summed E-state index contributed by atoms with van der Waals surface area (Å²) < 4.78 is -0.693. The number of aliphatic carboxylic acids is 2. The molecule has 17 heavy (non-hydrogen) atoms. The minimum Gasteiger partial charge on any atom is -0.481 e. The molecule has 2 unspecified atom stereocenters. The van der Waals surface area contributed by atoms with Gasteiger partial charge in [-0.2, -0.15) is 0 Å². The van der Waals surface area contributed by atoms with Crippen LogP contribution in [0.5, 0.6) is 0 Å². The van der Waals surface area contributed by atoms with Crippen molar-refractivity contribution in [1.82, 2.24) is 0 Å². The van der Waals surface area contributed by atoms with Crippen LogP contribution >= 0.6 is 23.5 Å². The summed E-state index contributed by atoms with van der Waals surface area (Å²) >= 11 is 3.03. The van der Waals surface area contributed by atoms with Gasteiger partial charge in [-0.25, -0.2) is 0 Å². The van der Waals surface area contributed by atoms with Gasteiger partial charge < -0.3 is 10.2 Å². The maximum atomic E-state index is 11.3. The van der Waals surface area contributed by atoms with Crippen LogP contribution in [-0.2, 0) is 9.59 Å². The molecule has 0 spiro atoms. The van der Waals surface area contributed by atoms with Crippen molar-refractivity contribution in [2.75, 3.05) is 11.5 Å². The molecule has 1 saturated heterocycles. The largest absolute Gasteiger partial charge is 0.481 e. The van der Waals surface area contributed by atoms with E-state index in [1.165, 1.54) is 23.5 Å². The van der Waals surface area contributed by atoms with Crippen LogP contribution in [0.2, 0.25) is 0 Å². The highest BCUT2D eigenvalue weighted by atomic mass is 32.2. The van der Waals surface area contributed by atoms with Gasteiger partial charge in [0.15, 0.2) is 0 Å². The third kappa shape index (κ3) is 2.73. The van der Waals surface area contributed by atoms with Crippen molar-refractivity contribution < 1.29 is 19.8 Å². The minimum absolute atomic E-state index is 0.471. The molecule has 0 radical (unpaired) electrons. The van der Waals surface area contributed by atoms with Crippen LogP contribution in [-0.4, -0.2) is 37.7 Å². The zero-order chi connectivity index (χ0) is 13.1. The molecule has 0 saturated carbocycles. The Hall–Kier alpha value is -0.360. The predicted octanol–water partition coefficient (Wildman–Crippen LogP) is 2.38. The normalized spacial score (nSPS) is 22.0. The molecule has 4 nitrogen and oxygen atoms in total. The van der Waals surface area contributed by atoms with E-state index in [2.05, 4.69) is 0 Å². The van der Waals surface area contributed by atoms with Crippen molar-refractivity contribution in [3.05, 3.63) is 0 Å². The molecule has 1 aliphatic heterocycles. The first kappa shape index (κ1) is 14.7. The first-order valence-corrected chi connectivity index (χ1v) is 7.70. The topological polar surface area (TPSA) is 74.6 Å². The molecule has 1 heterocycles. The van der Waals surface area contributed by atoms with Crippen molar-refractivity contribution in [3.63, 3.8) is 0 Å². The smallest absolute Gasteiger partial charge is 0.308 e. The van der Waals surface area contributed by atoms with Gasteiger partial charge in [0.2, 0.25) is 0 Å². The van der Waals surface area contributed by atoms with E-state index in [1.54, 1.807) is 0 Å². The van der Waals surface area contributed by atoms with E-state index in [-0.39, 0.29) is 0 Å². The Bertz CT molecular complexity index is 276. The summed E-state index contributed by atoms with van der Waals surface area (Å²) in [5, 5.41) is 18.6. The van der Waals surface area contributed by atoms with Gasteiger partial charge in [0.05, 0.1) is 15.9 Å². The number of carboxylic acid groups (broad SMARTS) is 2. The zero-order valence-corrected chi connectivity index (χ0v) is 11.6. The van der Waals surface area contributed by atoms with Crippen molar-refractivity contribution in [2.45, 2.75) is 30.8 Å². The van der Waals surface area contributed by atoms with Crippen molar-refractivity contribution in [3.8, 4) is 0 Å². The molecule has 2 atom stereocenters. The number of hydrogen-bond acceptors (Lipinski definition) is 4. The summed E-state index contributed by atoms with van der Waals surface area (Å²) in [6, 6.07) is 0. The number of carboxylic acids is 2. The van der Waals surface area contributed by atoms with Gasteiger partial charge in [-0.1, -0.05) is 13.8 Å². The van der Waals surface area contributed by atoms with Gasteiger partial charge >= 0.3 is 11.9 Å². The van der Waals surface area contributed by atoms with Crippen LogP contribution in [0.15, 0.2) is 0 Å². The summed E-state index contributed by atoms with van der Waals surface area (Å²) in [5.74, 6) is -1.29. The summed E-state index contributed by atoms with van der Waals surface area (Å²) in [6.07, 6.45) is 0.943. The van der Waals surface area contributed by atoms with Crippen LogP contribution in [0.1, 0.15) is 26.7 Å². The van der Waals surface area contributed by atoms with Crippen molar-refractivity contribution in [2.24, 2.45) is 11.8 Å². The summed E-state index contributed by atoms with van der Waals surface area (Å²) in [5.41, 5.74) is 0. The first-order valence-electron chi connectivity index (χ1n) is 5.73. The maximum absolute atomic E-state index is 11.3. The van der Waals surface area contributed by atoms with Crippen LogP contribution in [0.4, 0.5) is 0 Å². The van der Waals surface area contributed by atoms with Crippen LogP contribution in [0, 0.1) is 11.8 Å². The van der Waals surface area contributed by atoms with Crippen LogP contribution in [0.3, 0.4) is 0 Å². The highest BCUT2D eigenvalue weighted by Crippen LogP contribution is 2.55. The van der Waals surface area contributed by atoms with Crippen LogP contribution in [0.25, 0.3) is 0 Å². The monoisotopic (exact) mass is 278 g/mol. The van der Waals surface area contributed by atoms with Gasteiger partial charge in [-0.3, -0.25) is 9.59 Å². The molecule has 0 amide bonds. The van der Waals surface area contributed by atoms with E-state index in [1.807, 2.05) is 13.8 Å². The van der Waals surface area contributed by atoms with Gasteiger partial charge in [-0.05, 0) is 12.8 Å². The molecule has 0 aromatic rings. The highest BCUT2D eigenvalue weighted by Gasteiger charge is 2.53. The number of carbonyl (C=O) groups is 2. The Morgan fingerprint density at radius 3 is 1.65 bits per heavy atom. The standard InChI is InChI=1S/C11H18O4S2/c1-3-7(9(12)13)11(16-5-6-17-11)8(4-2)10(14)15/h7-8H,3-6H2,1-2H3,(H,12,13)(H,14,15). The van der Waals surface area contributed by atoms with Gasteiger partial charge in [0.25, 0.3) is 0 Å². The lowest BCUT2D eigenvalue weighted by atomic mass is 9.89. The Balaban J connectivity index is 3.11. The SMILES string of the molecule is CCC(C(=O)O)C1(C(CC)C(=O)O)SCCS1. The second-order valence-electron chi connectivity index (χ2n) is 4.02. The van der Waals surface area contributed by atoms with E-state index >= 15 is 0 Å². The zero-order valence-electron chi connectivity index (χ0n) is 10.0. The molecular formula is C11H18O4S2.